The number of carbonyl (C=O) groups is 2. The molecule has 0 aliphatic rings. The Kier molecular flexibility index (Phi) is 6.33. The largest absolute Gasteiger partial charge is 0.480 e. The third-order valence-electron chi connectivity index (χ3n) is 4.59. The summed E-state index contributed by atoms with van der Waals surface area (Å²) in [6.07, 6.45) is 2.64. The molecule has 0 atom stereocenters. The second-order valence-corrected chi connectivity index (χ2v) is 9.43. The number of carboxylic acid groups (broad SMARTS) is 1. The number of nitrogens with zero attached hydrogens (tertiary/aromatic N) is 2. The quantitative estimate of drug-likeness (QED) is 0.494. The van der Waals surface area contributed by atoms with Gasteiger partial charge in [0.1, 0.15) is 11.1 Å². The normalized spacial score (nSPS) is 11.6. The molecule has 0 saturated carbocycles. The summed E-state index contributed by atoms with van der Waals surface area (Å²) in [6, 6.07) is 12.4. The summed E-state index contributed by atoms with van der Waals surface area (Å²) < 4.78 is 1.84. The minimum absolute atomic E-state index is 0.359. The van der Waals surface area contributed by atoms with Gasteiger partial charge >= 0.3 is 5.97 Å². The number of hydrogen-bond acceptors (Lipinski definition) is 4. The van der Waals surface area contributed by atoms with Gasteiger partial charge in [-0.1, -0.05) is 49.0 Å². The van der Waals surface area contributed by atoms with Crippen molar-refractivity contribution in [3.8, 4) is 5.69 Å². The molecule has 1 heterocycles. The zero-order chi connectivity index (χ0) is 21.2. The molecule has 29 heavy (non-hydrogen) atoms. The first kappa shape index (κ1) is 21.4. The van der Waals surface area contributed by atoms with Gasteiger partial charge in [0.25, 0.3) is 0 Å². The van der Waals surface area contributed by atoms with E-state index in [9.17, 15) is 9.59 Å². The van der Waals surface area contributed by atoms with Crippen LogP contribution >= 0.6 is 27.7 Å². The molecule has 1 aromatic heterocycles. The van der Waals surface area contributed by atoms with Crippen LogP contribution in [0.15, 0.2) is 52.4 Å². The van der Waals surface area contributed by atoms with E-state index in [1.807, 2.05) is 16.7 Å². The van der Waals surface area contributed by atoms with Gasteiger partial charge in [-0.15, -0.1) is 0 Å². The molecule has 0 saturated heterocycles. The molecular weight excluding hydrogens is 454 g/mol. The van der Waals surface area contributed by atoms with Crippen molar-refractivity contribution in [2.75, 3.05) is 6.54 Å². The third kappa shape index (κ3) is 4.48. The number of amides is 1. The van der Waals surface area contributed by atoms with Gasteiger partial charge in [-0.05, 0) is 53.2 Å². The first-order chi connectivity index (χ1) is 13.7. The summed E-state index contributed by atoms with van der Waals surface area (Å²) in [5.41, 5.74) is 2.23. The van der Waals surface area contributed by atoms with Gasteiger partial charge in [0.2, 0.25) is 5.91 Å². The lowest BCUT2D eigenvalue weighted by Crippen LogP contribution is -2.42. The first-order valence-electron chi connectivity index (χ1n) is 9.18. The molecular formula is C21H22BrN3O3S. The molecule has 2 aromatic carbocycles. The summed E-state index contributed by atoms with van der Waals surface area (Å²) in [5.74, 6) is -1.44. The zero-order valence-electron chi connectivity index (χ0n) is 16.4. The lowest BCUT2D eigenvalue weighted by atomic mass is 10.0. The number of imidazole rings is 1. The van der Waals surface area contributed by atoms with Crippen LogP contribution < -0.4 is 5.32 Å². The Bertz CT molecular complexity index is 1080. The first-order valence-corrected chi connectivity index (χ1v) is 10.8. The topological polar surface area (TPSA) is 84.2 Å². The van der Waals surface area contributed by atoms with Crippen molar-refractivity contribution in [1.29, 1.82) is 0 Å². The number of aliphatic carboxylic acids is 1. The van der Waals surface area contributed by atoms with Crippen molar-refractivity contribution in [2.45, 2.75) is 37.1 Å². The predicted octanol–water partition coefficient (Wildman–Crippen LogP) is 4.42. The van der Waals surface area contributed by atoms with Crippen LogP contribution in [0.25, 0.3) is 16.5 Å². The minimum Gasteiger partial charge on any atom is -0.480 e. The maximum Gasteiger partial charge on any atom is 0.322 e. The van der Waals surface area contributed by atoms with Crippen molar-refractivity contribution >= 4 is 50.3 Å². The van der Waals surface area contributed by atoms with Crippen molar-refractivity contribution < 1.29 is 14.7 Å². The number of hydrogen-bond donors (Lipinski definition) is 2. The van der Waals surface area contributed by atoms with E-state index in [-0.39, 0.29) is 5.91 Å². The number of thioether (sulfide) groups is 1. The van der Waals surface area contributed by atoms with Crippen LogP contribution in [0.1, 0.15) is 26.3 Å². The van der Waals surface area contributed by atoms with Gasteiger partial charge in [-0.2, -0.15) is 0 Å². The zero-order valence-corrected chi connectivity index (χ0v) is 18.8. The van der Waals surface area contributed by atoms with Crippen molar-refractivity contribution in [2.24, 2.45) is 0 Å². The Labute approximate surface area is 181 Å². The molecule has 3 rings (SSSR count). The van der Waals surface area contributed by atoms with Crippen LogP contribution in [0.2, 0.25) is 0 Å². The highest BCUT2D eigenvalue weighted by atomic mass is 79.9. The van der Waals surface area contributed by atoms with E-state index in [1.165, 1.54) is 22.7 Å². The third-order valence-corrected chi connectivity index (χ3v) is 6.32. The number of benzene rings is 2. The Balaban J connectivity index is 2.02. The number of carboxylic acids is 1. The van der Waals surface area contributed by atoms with E-state index in [1.54, 1.807) is 20.0 Å². The SMILES string of the molecule is CCc1ccc(-n2c(Br)cnc2SC(C)(C)C(=O)NCC(=O)O)c2ccccc12. The standard InChI is InChI=1S/C21H22BrN3O3S/c1-4-13-9-10-16(15-8-6-5-7-14(13)15)25-17(22)11-24-20(25)29-21(2,3)19(28)23-12-18(26)27/h5-11H,4,12H2,1-3H3,(H,23,28)(H,26,27). The molecule has 0 spiro atoms. The fourth-order valence-corrected chi connectivity index (χ4v) is 4.69. The van der Waals surface area contributed by atoms with Gasteiger partial charge in [-0.25, -0.2) is 4.98 Å². The molecule has 2 N–H and O–H groups in total. The Hall–Kier alpha value is -2.32. The second kappa shape index (κ2) is 8.59. The van der Waals surface area contributed by atoms with Crippen LogP contribution in [0.5, 0.6) is 0 Å². The predicted molar refractivity (Wildman–Crippen MR) is 119 cm³/mol. The molecule has 6 nitrogen and oxygen atoms in total. The monoisotopic (exact) mass is 475 g/mol. The second-order valence-electron chi connectivity index (χ2n) is 7.03. The van der Waals surface area contributed by atoms with Gasteiger partial charge in [0.15, 0.2) is 5.16 Å². The number of halogens is 1. The molecule has 3 aromatic rings. The van der Waals surface area contributed by atoms with Crippen LogP contribution in [-0.2, 0) is 16.0 Å². The average molecular weight is 476 g/mol. The number of aromatic nitrogens is 2. The number of carbonyl (C=O) groups excluding carboxylic acids is 1. The van der Waals surface area contributed by atoms with Crippen LogP contribution in [0.4, 0.5) is 0 Å². The Morgan fingerprint density at radius 1 is 1.21 bits per heavy atom. The van der Waals surface area contributed by atoms with Crippen LogP contribution in [-0.4, -0.2) is 37.8 Å². The lowest BCUT2D eigenvalue weighted by Gasteiger charge is -2.23. The maximum atomic E-state index is 12.5. The number of aryl methyl sites for hydroxylation is 1. The van der Waals surface area contributed by atoms with E-state index < -0.39 is 17.3 Å². The number of fused-ring (bicyclic) bond motifs is 1. The molecule has 8 heteroatoms. The minimum atomic E-state index is -1.08. The van der Waals surface area contributed by atoms with E-state index in [4.69, 9.17) is 5.11 Å². The fourth-order valence-electron chi connectivity index (χ4n) is 3.10. The summed E-state index contributed by atoms with van der Waals surface area (Å²) in [5, 5.41) is 14.2. The average Bonchev–Trinajstić information content (AvgIpc) is 3.04. The maximum absolute atomic E-state index is 12.5. The number of rotatable bonds is 7. The number of nitrogens with one attached hydrogen (secondary N) is 1. The van der Waals surface area contributed by atoms with E-state index in [0.717, 1.165) is 22.1 Å². The highest BCUT2D eigenvalue weighted by Crippen LogP contribution is 2.37. The Morgan fingerprint density at radius 3 is 2.55 bits per heavy atom. The fraction of sp³-hybridized carbons (Fsp3) is 0.286. The summed E-state index contributed by atoms with van der Waals surface area (Å²) in [4.78, 5) is 27.7. The molecule has 0 aliphatic heterocycles. The summed E-state index contributed by atoms with van der Waals surface area (Å²) >= 11 is 4.86. The van der Waals surface area contributed by atoms with E-state index in [2.05, 4.69) is 57.4 Å². The van der Waals surface area contributed by atoms with Gasteiger partial charge in [0, 0.05) is 5.39 Å². The van der Waals surface area contributed by atoms with Gasteiger partial charge in [-0.3, -0.25) is 14.2 Å². The molecule has 0 fully saturated rings. The Morgan fingerprint density at radius 2 is 1.90 bits per heavy atom. The highest BCUT2D eigenvalue weighted by Gasteiger charge is 2.32. The van der Waals surface area contributed by atoms with Crippen molar-refractivity contribution in [1.82, 2.24) is 14.9 Å². The van der Waals surface area contributed by atoms with E-state index >= 15 is 0 Å². The highest BCUT2D eigenvalue weighted by molar-refractivity contribution is 9.10. The van der Waals surface area contributed by atoms with Crippen molar-refractivity contribution in [3.05, 3.63) is 52.8 Å². The molecule has 0 aliphatic carbocycles. The smallest absolute Gasteiger partial charge is 0.322 e. The van der Waals surface area contributed by atoms with Crippen LogP contribution in [0, 0.1) is 0 Å². The van der Waals surface area contributed by atoms with E-state index in [0.29, 0.717) is 5.16 Å². The van der Waals surface area contributed by atoms with Crippen molar-refractivity contribution in [3.63, 3.8) is 0 Å². The molecule has 1 amide bonds. The molecule has 152 valence electrons. The molecule has 0 radical (unpaired) electrons. The van der Waals surface area contributed by atoms with Gasteiger partial charge < -0.3 is 10.4 Å². The molecule has 0 bridgehead atoms. The molecule has 0 unspecified atom stereocenters. The lowest BCUT2D eigenvalue weighted by molar-refractivity contribution is -0.138. The summed E-state index contributed by atoms with van der Waals surface area (Å²) in [7, 11) is 0. The van der Waals surface area contributed by atoms with Gasteiger partial charge in [0.05, 0.1) is 16.6 Å². The van der Waals surface area contributed by atoms with Crippen LogP contribution in [0.3, 0.4) is 0 Å². The summed E-state index contributed by atoms with van der Waals surface area (Å²) in [6.45, 7) is 5.22.